The minimum absolute atomic E-state index is 0. The average molecular weight is 434 g/mol. The van der Waals surface area contributed by atoms with Crippen LogP contribution in [0.3, 0.4) is 0 Å². The van der Waals surface area contributed by atoms with E-state index in [0.29, 0.717) is 5.82 Å². The van der Waals surface area contributed by atoms with E-state index < -0.39 is 11.9 Å². The molecule has 0 bridgehead atoms. The van der Waals surface area contributed by atoms with Crippen LogP contribution in [0.1, 0.15) is 31.5 Å². The van der Waals surface area contributed by atoms with Gasteiger partial charge in [-0.1, -0.05) is 6.42 Å². The van der Waals surface area contributed by atoms with Gasteiger partial charge in [-0.2, -0.15) is 0 Å². The standard InChI is InChI=1S/C18H24FN5O2.2ClH/c1-26-13(11-20)10-17(25)21-15-9-12(6-7-14(15)19)18-23-22-16-5-3-2-4-8-24(16)18;;/h6-7,9,13H,2-5,8,10-11,20H2,1H3,(H,21,25);2*1H. The van der Waals surface area contributed by atoms with E-state index in [1.807, 2.05) is 0 Å². The number of amides is 1. The molecule has 0 saturated heterocycles. The number of anilines is 1. The van der Waals surface area contributed by atoms with Gasteiger partial charge in [-0.3, -0.25) is 4.79 Å². The second kappa shape index (κ2) is 11.3. The first-order valence-electron chi connectivity index (χ1n) is 8.87. The van der Waals surface area contributed by atoms with E-state index in [4.69, 9.17) is 10.5 Å². The number of hydrogen-bond donors (Lipinski definition) is 2. The predicted octanol–water partition coefficient (Wildman–Crippen LogP) is 2.96. The Labute approximate surface area is 176 Å². The highest BCUT2D eigenvalue weighted by Crippen LogP contribution is 2.26. The van der Waals surface area contributed by atoms with Crippen molar-refractivity contribution in [2.45, 2.75) is 44.8 Å². The van der Waals surface area contributed by atoms with Crippen molar-refractivity contribution in [3.63, 3.8) is 0 Å². The van der Waals surface area contributed by atoms with E-state index in [-0.39, 0.29) is 49.4 Å². The summed E-state index contributed by atoms with van der Waals surface area (Å²) in [6.07, 6.45) is 3.90. The van der Waals surface area contributed by atoms with Crippen LogP contribution in [0.15, 0.2) is 18.2 Å². The van der Waals surface area contributed by atoms with E-state index in [1.165, 1.54) is 13.2 Å². The van der Waals surface area contributed by atoms with Gasteiger partial charge >= 0.3 is 0 Å². The number of fused-ring (bicyclic) bond motifs is 1. The second-order valence-electron chi connectivity index (χ2n) is 6.44. The number of methoxy groups -OCH3 is 1. The number of aromatic nitrogens is 3. The lowest BCUT2D eigenvalue weighted by Crippen LogP contribution is -2.28. The maximum Gasteiger partial charge on any atom is 0.227 e. The molecule has 1 aliphatic heterocycles. The highest BCUT2D eigenvalue weighted by Gasteiger charge is 2.18. The van der Waals surface area contributed by atoms with Crippen molar-refractivity contribution in [2.75, 3.05) is 19.0 Å². The Morgan fingerprint density at radius 1 is 1.32 bits per heavy atom. The molecule has 7 nitrogen and oxygen atoms in total. The van der Waals surface area contributed by atoms with E-state index in [0.717, 1.165) is 43.6 Å². The van der Waals surface area contributed by atoms with E-state index in [2.05, 4.69) is 20.1 Å². The van der Waals surface area contributed by atoms with Crippen molar-refractivity contribution in [1.82, 2.24) is 14.8 Å². The minimum atomic E-state index is -0.501. The van der Waals surface area contributed by atoms with Crippen molar-refractivity contribution in [2.24, 2.45) is 5.73 Å². The van der Waals surface area contributed by atoms with Gasteiger partial charge in [0.25, 0.3) is 0 Å². The van der Waals surface area contributed by atoms with Gasteiger partial charge < -0.3 is 20.4 Å². The van der Waals surface area contributed by atoms with Crippen molar-refractivity contribution < 1.29 is 13.9 Å². The van der Waals surface area contributed by atoms with E-state index >= 15 is 0 Å². The summed E-state index contributed by atoms with van der Waals surface area (Å²) in [5.74, 6) is 0.810. The smallest absolute Gasteiger partial charge is 0.227 e. The highest BCUT2D eigenvalue weighted by molar-refractivity contribution is 5.91. The molecule has 1 atom stereocenters. The molecule has 3 rings (SSSR count). The molecule has 0 aliphatic carbocycles. The minimum Gasteiger partial charge on any atom is -0.380 e. The molecule has 1 aromatic carbocycles. The molecule has 28 heavy (non-hydrogen) atoms. The number of carbonyl (C=O) groups is 1. The number of hydrogen-bond acceptors (Lipinski definition) is 5. The topological polar surface area (TPSA) is 95.1 Å². The fourth-order valence-electron chi connectivity index (χ4n) is 3.13. The van der Waals surface area contributed by atoms with Crippen LogP contribution in [-0.2, 0) is 22.5 Å². The third-order valence-corrected chi connectivity index (χ3v) is 4.62. The zero-order chi connectivity index (χ0) is 18.5. The number of nitrogens with zero attached hydrogens (tertiary/aromatic N) is 3. The maximum atomic E-state index is 14.2. The Morgan fingerprint density at radius 2 is 2.11 bits per heavy atom. The van der Waals surface area contributed by atoms with Crippen molar-refractivity contribution in [3.05, 3.63) is 29.8 Å². The van der Waals surface area contributed by atoms with Gasteiger partial charge in [0.05, 0.1) is 18.2 Å². The largest absolute Gasteiger partial charge is 0.380 e. The van der Waals surface area contributed by atoms with Crippen LogP contribution in [0.5, 0.6) is 0 Å². The molecule has 0 fully saturated rings. The average Bonchev–Trinajstić information content (AvgIpc) is 2.90. The summed E-state index contributed by atoms with van der Waals surface area (Å²) >= 11 is 0. The number of carbonyl (C=O) groups excluding carboxylic acids is 1. The third-order valence-electron chi connectivity index (χ3n) is 4.62. The molecule has 2 aromatic rings. The van der Waals surface area contributed by atoms with Gasteiger partial charge in [-0.05, 0) is 31.0 Å². The molecule has 0 saturated carbocycles. The quantitative estimate of drug-likeness (QED) is 0.729. The third kappa shape index (κ3) is 5.64. The Balaban J connectivity index is 0.00000196. The summed E-state index contributed by atoms with van der Waals surface area (Å²) in [4.78, 5) is 12.1. The Kier molecular flexibility index (Phi) is 9.81. The van der Waals surface area contributed by atoms with Gasteiger partial charge in [0.1, 0.15) is 11.6 Å². The van der Waals surface area contributed by atoms with Gasteiger partial charge in [-0.15, -0.1) is 35.0 Å². The lowest BCUT2D eigenvalue weighted by atomic mass is 10.1. The first kappa shape index (κ1) is 24.3. The summed E-state index contributed by atoms with van der Waals surface area (Å²) < 4.78 is 21.3. The van der Waals surface area contributed by atoms with Crippen molar-refractivity contribution in [3.8, 4) is 11.4 Å². The molecule has 1 aliphatic rings. The fraction of sp³-hybridized carbons (Fsp3) is 0.500. The van der Waals surface area contributed by atoms with E-state index in [1.54, 1.807) is 12.1 Å². The molecule has 10 heteroatoms. The molecular formula is C18H26Cl2FN5O2. The monoisotopic (exact) mass is 433 g/mol. The molecule has 2 heterocycles. The molecule has 0 spiro atoms. The van der Waals surface area contributed by atoms with E-state index in [9.17, 15) is 9.18 Å². The van der Waals surface area contributed by atoms with Crippen molar-refractivity contribution >= 4 is 36.4 Å². The maximum absolute atomic E-state index is 14.2. The molecule has 1 unspecified atom stereocenters. The SMILES string of the molecule is COC(CN)CC(=O)Nc1cc(-c2nnc3n2CCCCC3)ccc1F.Cl.Cl. The van der Waals surface area contributed by atoms with Crippen LogP contribution in [0.2, 0.25) is 0 Å². The molecule has 1 aromatic heterocycles. The first-order valence-corrected chi connectivity index (χ1v) is 8.87. The molecule has 156 valence electrons. The lowest BCUT2D eigenvalue weighted by Gasteiger charge is -2.14. The summed E-state index contributed by atoms with van der Waals surface area (Å²) in [5, 5.41) is 11.1. The van der Waals surface area contributed by atoms with Gasteiger partial charge in [0, 0.05) is 32.2 Å². The Hall–Kier alpha value is -1.74. The van der Waals surface area contributed by atoms with Crippen LogP contribution in [-0.4, -0.2) is 40.4 Å². The molecular weight excluding hydrogens is 408 g/mol. The van der Waals surface area contributed by atoms with Crippen LogP contribution < -0.4 is 11.1 Å². The van der Waals surface area contributed by atoms with Crippen LogP contribution in [0.25, 0.3) is 11.4 Å². The second-order valence-corrected chi connectivity index (χ2v) is 6.44. The molecule has 1 amide bonds. The van der Waals surface area contributed by atoms with Crippen LogP contribution in [0, 0.1) is 5.82 Å². The van der Waals surface area contributed by atoms with Gasteiger partial charge in [0.2, 0.25) is 5.91 Å². The summed E-state index contributed by atoms with van der Waals surface area (Å²) in [7, 11) is 1.49. The number of nitrogens with one attached hydrogen (secondary N) is 1. The fourth-order valence-corrected chi connectivity index (χ4v) is 3.13. The first-order chi connectivity index (χ1) is 12.6. The Bertz CT molecular complexity index is 783. The zero-order valence-electron chi connectivity index (χ0n) is 15.7. The molecule has 3 N–H and O–H groups in total. The van der Waals surface area contributed by atoms with Crippen LogP contribution >= 0.6 is 24.8 Å². The summed E-state index contributed by atoms with van der Waals surface area (Å²) in [6, 6.07) is 4.59. The number of rotatable bonds is 6. The number of halogens is 3. The van der Waals surface area contributed by atoms with Gasteiger partial charge in [-0.25, -0.2) is 4.39 Å². The number of ether oxygens (including phenoxy) is 1. The van der Waals surface area contributed by atoms with Crippen LogP contribution in [0.4, 0.5) is 10.1 Å². The normalized spacial score (nSPS) is 14.1. The van der Waals surface area contributed by atoms with Crippen molar-refractivity contribution in [1.29, 1.82) is 0 Å². The number of benzene rings is 1. The zero-order valence-corrected chi connectivity index (χ0v) is 17.3. The highest BCUT2D eigenvalue weighted by atomic mass is 35.5. The van der Waals surface area contributed by atoms with Gasteiger partial charge in [0.15, 0.2) is 5.82 Å². The lowest BCUT2D eigenvalue weighted by molar-refractivity contribution is -0.118. The molecule has 0 radical (unpaired) electrons. The predicted molar refractivity (Wildman–Crippen MR) is 111 cm³/mol. The number of nitrogens with two attached hydrogens (primary N) is 1. The Morgan fingerprint density at radius 3 is 2.82 bits per heavy atom. The summed E-state index contributed by atoms with van der Waals surface area (Å²) in [6.45, 7) is 1.07. The summed E-state index contributed by atoms with van der Waals surface area (Å²) in [5.41, 5.74) is 6.37. The number of aryl methyl sites for hydroxylation is 1.